The molecular formula is C21H19N5O2S. The van der Waals surface area contributed by atoms with E-state index >= 15 is 0 Å². The molecule has 2 heterocycles. The Kier molecular flexibility index (Phi) is 5.44. The van der Waals surface area contributed by atoms with Crippen LogP contribution in [0.2, 0.25) is 0 Å². The van der Waals surface area contributed by atoms with Gasteiger partial charge in [-0.05, 0) is 36.4 Å². The van der Waals surface area contributed by atoms with E-state index in [0.29, 0.717) is 23.5 Å². The summed E-state index contributed by atoms with van der Waals surface area (Å²) in [7, 11) is 1.94. The Hall–Kier alpha value is -3.39. The monoisotopic (exact) mass is 405 g/mol. The van der Waals surface area contributed by atoms with Crippen molar-refractivity contribution < 1.29 is 9.59 Å². The van der Waals surface area contributed by atoms with Gasteiger partial charge in [-0.25, -0.2) is 9.99 Å². The summed E-state index contributed by atoms with van der Waals surface area (Å²) in [5.41, 5.74) is 1.66. The fourth-order valence-corrected chi connectivity index (χ4v) is 3.65. The maximum Gasteiger partial charge on any atom is 0.271 e. The zero-order valence-corrected chi connectivity index (χ0v) is 16.6. The molecule has 2 amide bonds. The predicted molar refractivity (Wildman–Crippen MR) is 113 cm³/mol. The summed E-state index contributed by atoms with van der Waals surface area (Å²) in [6, 6.07) is 16.6. The van der Waals surface area contributed by atoms with Crippen LogP contribution >= 0.6 is 11.8 Å². The first-order valence-electron chi connectivity index (χ1n) is 9.12. The normalized spacial score (nSPS) is 13.9. The third kappa shape index (κ3) is 4.38. The summed E-state index contributed by atoms with van der Waals surface area (Å²) in [6.07, 6.45) is 4.22. The number of amides is 2. The van der Waals surface area contributed by atoms with Crippen LogP contribution in [0.3, 0.4) is 0 Å². The molecule has 1 aromatic heterocycles. The lowest BCUT2D eigenvalue weighted by Gasteiger charge is -2.23. The third-order valence-corrected chi connectivity index (χ3v) is 5.48. The van der Waals surface area contributed by atoms with Crippen molar-refractivity contribution in [3.05, 3.63) is 67.0 Å². The van der Waals surface area contributed by atoms with Gasteiger partial charge in [0.1, 0.15) is 5.71 Å². The molecule has 29 heavy (non-hydrogen) atoms. The van der Waals surface area contributed by atoms with Crippen molar-refractivity contribution in [3.63, 3.8) is 0 Å². The number of rotatable bonds is 5. The van der Waals surface area contributed by atoms with Crippen LogP contribution in [0, 0.1) is 0 Å². The number of hydrogen-bond acceptors (Lipinski definition) is 5. The topological polar surface area (TPSA) is 79.6 Å². The molecule has 1 aliphatic rings. The van der Waals surface area contributed by atoms with Crippen LogP contribution in [0.4, 0.5) is 11.4 Å². The lowest BCUT2D eigenvalue weighted by Crippen LogP contribution is -2.36. The molecule has 0 aliphatic carbocycles. The van der Waals surface area contributed by atoms with Gasteiger partial charge in [-0.1, -0.05) is 30.0 Å². The minimum absolute atomic E-state index is 0.122. The number of carbonyl (C=O) groups is 2. The van der Waals surface area contributed by atoms with Gasteiger partial charge in [-0.15, -0.1) is 0 Å². The van der Waals surface area contributed by atoms with E-state index in [4.69, 9.17) is 0 Å². The first kappa shape index (κ1) is 18.9. The summed E-state index contributed by atoms with van der Waals surface area (Å²) >= 11 is 1.55. The first-order chi connectivity index (χ1) is 14.1. The molecule has 146 valence electrons. The van der Waals surface area contributed by atoms with E-state index < -0.39 is 0 Å². The Morgan fingerprint density at radius 3 is 2.52 bits per heavy atom. The molecule has 0 spiro atoms. The number of imidazole rings is 1. The highest BCUT2D eigenvalue weighted by Crippen LogP contribution is 2.27. The second-order valence-corrected chi connectivity index (χ2v) is 7.53. The Labute approximate surface area is 172 Å². The Bertz CT molecular complexity index is 1060. The number of aromatic nitrogens is 2. The summed E-state index contributed by atoms with van der Waals surface area (Å²) in [5, 5.41) is 9.33. The van der Waals surface area contributed by atoms with Gasteiger partial charge >= 0.3 is 0 Å². The second kappa shape index (κ2) is 8.32. The number of hydrazone groups is 1. The molecule has 0 saturated carbocycles. The van der Waals surface area contributed by atoms with E-state index in [1.807, 2.05) is 60.3 Å². The predicted octanol–water partition coefficient (Wildman–Crippen LogP) is 3.69. The van der Waals surface area contributed by atoms with Crippen LogP contribution in [-0.2, 0) is 16.6 Å². The Morgan fingerprint density at radius 1 is 1.07 bits per heavy atom. The molecule has 8 heteroatoms. The molecule has 0 saturated heterocycles. The van der Waals surface area contributed by atoms with Crippen LogP contribution in [0.15, 0.2) is 82.1 Å². The van der Waals surface area contributed by atoms with Gasteiger partial charge in [0.15, 0.2) is 5.16 Å². The molecule has 4 rings (SSSR count). The summed E-state index contributed by atoms with van der Waals surface area (Å²) in [5.74, 6) is -0.425. The van der Waals surface area contributed by atoms with Crippen molar-refractivity contribution >= 4 is 40.7 Å². The summed E-state index contributed by atoms with van der Waals surface area (Å²) in [6.45, 7) is 0. The standard InChI is InChI=1S/C21H19N5O2S/c1-25-14-13-22-21(25)29-17-9-7-15(8-10-17)23-20(28)18-11-12-19(27)26(24-18)16-5-3-2-4-6-16/h2-10,13-14H,11-12H2,1H3,(H,23,28). The van der Waals surface area contributed by atoms with Crippen molar-refractivity contribution in [2.24, 2.45) is 12.1 Å². The highest BCUT2D eigenvalue weighted by Gasteiger charge is 2.25. The molecule has 1 N–H and O–H groups in total. The highest BCUT2D eigenvalue weighted by atomic mass is 32.2. The average molecular weight is 405 g/mol. The lowest BCUT2D eigenvalue weighted by atomic mass is 10.1. The number of aryl methyl sites for hydroxylation is 1. The van der Waals surface area contributed by atoms with E-state index in [-0.39, 0.29) is 18.2 Å². The van der Waals surface area contributed by atoms with Crippen molar-refractivity contribution in [3.8, 4) is 0 Å². The fraction of sp³-hybridized carbons (Fsp3) is 0.143. The van der Waals surface area contributed by atoms with E-state index in [2.05, 4.69) is 15.4 Å². The lowest BCUT2D eigenvalue weighted by molar-refractivity contribution is -0.118. The second-order valence-electron chi connectivity index (χ2n) is 6.49. The van der Waals surface area contributed by atoms with E-state index in [0.717, 1.165) is 10.1 Å². The molecule has 0 unspecified atom stereocenters. The van der Waals surface area contributed by atoms with E-state index in [1.54, 1.807) is 30.1 Å². The largest absolute Gasteiger partial charge is 0.329 e. The Morgan fingerprint density at radius 2 is 1.83 bits per heavy atom. The average Bonchev–Trinajstić information content (AvgIpc) is 3.15. The van der Waals surface area contributed by atoms with Crippen molar-refractivity contribution in [2.45, 2.75) is 22.9 Å². The molecular weight excluding hydrogens is 386 g/mol. The van der Waals surface area contributed by atoms with E-state index in [9.17, 15) is 9.59 Å². The smallest absolute Gasteiger partial charge is 0.271 e. The highest BCUT2D eigenvalue weighted by molar-refractivity contribution is 7.99. The quantitative estimate of drug-likeness (QED) is 0.702. The minimum Gasteiger partial charge on any atom is -0.329 e. The summed E-state index contributed by atoms with van der Waals surface area (Å²) < 4.78 is 1.95. The van der Waals surface area contributed by atoms with Crippen LogP contribution in [0.25, 0.3) is 0 Å². The van der Waals surface area contributed by atoms with E-state index in [1.165, 1.54) is 5.01 Å². The fourth-order valence-electron chi connectivity index (χ4n) is 2.85. The van der Waals surface area contributed by atoms with Crippen molar-refractivity contribution in [2.75, 3.05) is 10.3 Å². The van der Waals surface area contributed by atoms with Gasteiger partial charge in [0.05, 0.1) is 5.69 Å². The summed E-state index contributed by atoms with van der Waals surface area (Å²) in [4.78, 5) is 30.1. The molecule has 7 nitrogen and oxygen atoms in total. The third-order valence-electron chi connectivity index (χ3n) is 4.39. The number of nitrogens with one attached hydrogen (secondary N) is 1. The van der Waals surface area contributed by atoms with Crippen LogP contribution in [0.5, 0.6) is 0 Å². The van der Waals surface area contributed by atoms with Crippen LogP contribution in [-0.4, -0.2) is 27.1 Å². The molecule has 0 fully saturated rings. The maximum absolute atomic E-state index is 12.6. The number of anilines is 2. The van der Waals surface area contributed by atoms with Crippen LogP contribution < -0.4 is 10.3 Å². The molecule has 0 bridgehead atoms. The number of carbonyl (C=O) groups excluding carboxylic acids is 2. The zero-order chi connectivity index (χ0) is 20.2. The number of para-hydroxylation sites is 1. The zero-order valence-electron chi connectivity index (χ0n) is 15.8. The molecule has 0 atom stereocenters. The molecule has 3 aromatic rings. The van der Waals surface area contributed by atoms with Gasteiger partial charge in [-0.2, -0.15) is 5.10 Å². The minimum atomic E-state index is -0.303. The number of benzene rings is 2. The maximum atomic E-state index is 12.6. The SMILES string of the molecule is Cn1ccnc1Sc1ccc(NC(=O)C2=NN(c3ccccc3)C(=O)CC2)cc1. The van der Waals surface area contributed by atoms with Gasteiger partial charge in [0, 0.05) is 42.9 Å². The van der Waals surface area contributed by atoms with Crippen LogP contribution in [0.1, 0.15) is 12.8 Å². The first-order valence-corrected chi connectivity index (χ1v) is 9.94. The van der Waals surface area contributed by atoms with Gasteiger partial charge in [0.25, 0.3) is 5.91 Å². The van der Waals surface area contributed by atoms with Crippen molar-refractivity contribution in [1.29, 1.82) is 0 Å². The Balaban J connectivity index is 1.44. The number of nitrogens with zero attached hydrogens (tertiary/aromatic N) is 4. The number of hydrogen-bond donors (Lipinski definition) is 1. The molecule has 2 aromatic carbocycles. The molecule has 0 radical (unpaired) electrons. The molecule has 1 aliphatic heterocycles. The van der Waals surface area contributed by atoms with Gasteiger partial charge in [-0.3, -0.25) is 9.59 Å². The van der Waals surface area contributed by atoms with Crippen molar-refractivity contribution in [1.82, 2.24) is 9.55 Å². The van der Waals surface area contributed by atoms with Gasteiger partial charge < -0.3 is 9.88 Å². The van der Waals surface area contributed by atoms with Gasteiger partial charge in [0.2, 0.25) is 5.91 Å².